The number of halogens is 3. The number of piperidine rings is 2. The minimum absolute atomic E-state index is 0.0397. The van der Waals surface area contributed by atoms with E-state index in [2.05, 4.69) is 9.88 Å². The number of aromatic nitrogens is 2. The van der Waals surface area contributed by atoms with E-state index in [0.29, 0.717) is 19.1 Å². The summed E-state index contributed by atoms with van der Waals surface area (Å²) in [7, 11) is 0. The minimum atomic E-state index is -4.89. The van der Waals surface area contributed by atoms with Crippen LogP contribution < -0.4 is 5.56 Å². The summed E-state index contributed by atoms with van der Waals surface area (Å²) >= 11 is 0. The van der Waals surface area contributed by atoms with Gasteiger partial charge in [0.05, 0.1) is 11.0 Å². The van der Waals surface area contributed by atoms with Crippen LogP contribution in [-0.2, 0) is 11.0 Å². The van der Waals surface area contributed by atoms with Crippen LogP contribution in [0, 0.1) is 0 Å². The first kappa shape index (κ1) is 21.8. The van der Waals surface area contributed by atoms with Gasteiger partial charge in [-0.2, -0.15) is 13.2 Å². The molecule has 2 aromatic rings. The Morgan fingerprint density at radius 1 is 1.06 bits per heavy atom. The van der Waals surface area contributed by atoms with Gasteiger partial charge in [0, 0.05) is 19.1 Å². The molecule has 1 aromatic heterocycles. The maximum absolute atomic E-state index is 13.4. The van der Waals surface area contributed by atoms with E-state index in [1.54, 1.807) is 17.0 Å². The predicted molar refractivity (Wildman–Crippen MR) is 111 cm³/mol. The van der Waals surface area contributed by atoms with E-state index >= 15 is 0 Å². The van der Waals surface area contributed by atoms with Crippen LogP contribution in [0.1, 0.15) is 50.8 Å². The van der Waals surface area contributed by atoms with Crippen molar-refractivity contribution >= 4 is 16.9 Å². The fraction of sp³-hybridized carbons (Fsp3) is 0.591. The van der Waals surface area contributed by atoms with E-state index in [1.165, 1.54) is 38.3 Å². The molecule has 0 radical (unpaired) electrons. The summed E-state index contributed by atoms with van der Waals surface area (Å²) in [5.74, 6) is -0.330. The Balaban J connectivity index is 1.58. The van der Waals surface area contributed by atoms with Crippen LogP contribution in [0.2, 0.25) is 0 Å². The summed E-state index contributed by atoms with van der Waals surface area (Å²) in [5, 5.41) is 0. The third kappa shape index (κ3) is 4.33. The van der Waals surface area contributed by atoms with Crippen molar-refractivity contribution in [3.05, 3.63) is 40.3 Å². The van der Waals surface area contributed by atoms with E-state index in [9.17, 15) is 22.8 Å². The molecule has 31 heavy (non-hydrogen) atoms. The number of amides is 1. The molecule has 4 rings (SSSR count). The van der Waals surface area contributed by atoms with E-state index in [0.717, 1.165) is 30.5 Å². The van der Waals surface area contributed by atoms with E-state index in [-0.39, 0.29) is 16.9 Å². The first-order valence-electron chi connectivity index (χ1n) is 10.9. The summed E-state index contributed by atoms with van der Waals surface area (Å²) < 4.78 is 41.2. The molecule has 1 amide bonds. The summed E-state index contributed by atoms with van der Waals surface area (Å²) in [5.41, 5.74) is -2.51. The summed E-state index contributed by atoms with van der Waals surface area (Å²) in [6.07, 6.45) is 0.473. The third-order valence-corrected chi connectivity index (χ3v) is 6.49. The molecular weight excluding hydrogens is 409 g/mol. The van der Waals surface area contributed by atoms with Gasteiger partial charge in [-0.05, 0) is 57.8 Å². The van der Waals surface area contributed by atoms with E-state index in [4.69, 9.17) is 0 Å². The number of para-hydroxylation sites is 2. The molecule has 2 saturated heterocycles. The Morgan fingerprint density at radius 3 is 2.35 bits per heavy atom. The molecule has 2 aliphatic rings. The van der Waals surface area contributed by atoms with Crippen LogP contribution in [0.25, 0.3) is 11.0 Å². The van der Waals surface area contributed by atoms with Crippen LogP contribution in [0.5, 0.6) is 0 Å². The van der Waals surface area contributed by atoms with Gasteiger partial charge in [-0.25, -0.2) is 4.98 Å². The lowest BCUT2D eigenvalue weighted by Crippen LogP contribution is -2.50. The molecule has 0 N–H and O–H groups in total. The van der Waals surface area contributed by atoms with Crippen molar-refractivity contribution in [3.63, 3.8) is 0 Å². The highest BCUT2D eigenvalue weighted by atomic mass is 19.4. The number of alkyl halides is 3. The molecule has 0 aliphatic carbocycles. The summed E-state index contributed by atoms with van der Waals surface area (Å²) in [6, 6.07) is 5.52. The van der Waals surface area contributed by atoms with Crippen LogP contribution in [-0.4, -0.2) is 57.5 Å². The topological polar surface area (TPSA) is 58.4 Å². The monoisotopic (exact) mass is 436 g/mol. The Morgan fingerprint density at radius 2 is 1.71 bits per heavy atom. The SMILES string of the molecule is CC(C(=O)N1CCC(N2CCCCC2)CC1)n1c(=O)c(C(F)(F)F)nc2ccccc21. The van der Waals surface area contributed by atoms with Gasteiger partial charge in [0.2, 0.25) is 11.6 Å². The Labute approximate surface area is 178 Å². The zero-order valence-electron chi connectivity index (χ0n) is 17.6. The number of hydrogen-bond acceptors (Lipinski definition) is 4. The first-order chi connectivity index (χ1) is 14.8. The lowest BCUT2D eigenvalue weighted by atomic mass is 9.99. The molecule has 168 valence electrons. The maximum Gasteiger partial charge on any atom is 0.438 e. The number of benzene rings is 1. The van der Waals surface area contributed by atoms with E-state index in [1.807, 2.05) is 0 Å². The number of likely N-dealkylation sites (tertiary alicyclic amines) is 2. The fourth-order valence-corrected chi connectivity index (χ4v) is 4.83. The first-order valence-corrected chi connectivity index (χ1v) is 10.9. The molecule has 9 heteroatoms. The van der Waals surface area contributed by atoms with E-state index < -0.39 is 23.5 Å². The predicted octanol–water partition coefficient (Wildman–Crippen LogP) is 3.45. The van der Waals surface area contributed by atoms with Crippen molar-refractivity contribution in [1.29, 1.82) is 0 Å². The van der Waals surface area contributed by atoms with Gasteiger partial charge in [-0.15, -0.1) is 0 Å². The zero-order chi connectivity index (χ0) is 22.2. The summed E-state index contributed by atoms with van der Waals surface area (Å²) in [6.45, 7) is 4.77. The van der Waals surface area contributed by atoms with Crippen LogP contribution in [0.15, 0.2) is 29.1 Å². The molecule has 0 bridgehead atoms. The highest BCUT2D eigenvalue weighted by Crippen LogP contribution is 2.28. The molecular formula is C22H27F3N4O2. The van der Waals surface area contributed by atoms with Gasteiger partial charge < -0.3 is 9.80 Å². The van der Waals surface area contributed by atoms with Gasteiger partial charge in [0.25, 0.3) is 5.56 Å². The average molecular weight is 436 g/mol. The number of nitrogens with zero attached hydrogens (tertiary/aromatic N) is 4. The smallest absolute Gasteiger partial charge is 0.341 e. The Kier molecular flexibility index (Phi) is 6.05. The molecule has 3 heterocycles. The van der Waals surface area contributed by atoms with Crippen molar-refractivity contribution in [3.8, 4) is 0 Å². The van der Waals surface area contributed by atoms with Crippen LogP contribution >= 0.6 is 0 Å². The van der Waals surface area contributed by atoms with Gasteiger partial charge in [0.1, 0.15) is 6.04 Å². The third-order valence-electron chi connectivity index (χ3n) is 6.49. The number of fused-ring (bicyclic) bond motifs is 1. The molecule has 2 aliphatic heterocycles. The Hall–Kier alpha value is -2.42. The second-order valence-electron chi connectivity index (χ2n) is 8.45. The van der Waals surface area contributed by atoms with Crippen LogP contribution in [0.3, 0.4) is 0 Å². The maximum atomic E-state index is 13.4. The highest BCUT2D eigenvalue weighted by molar-refractivity contribution is 5.83. The standard InChI is InChI=1S/C22H27F3N4O2/c1-15(20(30)28-13-9-16(10-14-28)27-11-5-2-6-12-27)29-18-8-4-3-7-17(18)26-19(21(29)31)22(23,24)25/h3-4,7-8,15-16H,2,5-6,9-14H2,1H3. The normalized spacial score (nSPS) is 20.2. The number of carbonyl (C=O) groups excluding carboxylic acids is 1. The fourth-order valence-electron chi connectivity index (χ4n) is 4.83. The lowest BCUT2D eigenvalue weighted by molar-refractivity contribution is -0.143. The van der Waals surface area contributed by atoms with Gasteiger partial charge in [-0.3, -0.25) is 14.2 Å². The average Bonchev–Trinajstić information content (AvgIpc) is 2.78. The largest absolute Gasteiger partial charge is 0.438 e. The van der Waals surface area contributed by atoms with Crippen molar-refractivity contribution in [2.45, 2.75) is 57.3 Å². The minimum Gasteiger partial charge on any atom is -0.341 e. The second-order valence-corrected chi connectivity index (χ2v) is 8.45. The van der Waals surface area contributed by atoms with Crippen LogP contribution in [0.4, 0.5) is 13.2 Å². The van der Waals surface area contributed by atoms with Gasteiger partial charge in [-0.1, -0.05) is 18.6 Å². The molecule has 0 spiro atoms. The Bertz CT molecular complexity index is 1010. The summed E-state index contributed by atoms with van der Waals surface area (Å²) in [4.78, 5) is 33.6. The van der Waals surface area contributed by atoms with Crippen molar-refractivity contribution in [2.75, 3.05) is 26.2 Å². The quantitative estimate of drug-likeness (QED) is 0.740. The lowest BCUT2D eigenvalue weighted by Gasteiger charge is -2.40. The second kappa shape index (κ2) is 8.61. The molecule has 6 nitrogen and oxygen atoms in total. The van der Waals surface area contributed by atoms with Crippen molar-refractivity contribution in [1.82, 2.24) is 19.4 Å². The number of carbonyl (C=O) groups is 1. The van der Waals surface area contributed by atoms with Gasteiger partial charge in [0.15, 0.2) is 0 Å². The molecule has 1 unspecified atom stereocenters. The number of hydrogen-bond donors (Lipinski definition) is 0. The highest BCUT2D eigenvalue weighted by Gasteiger charge is 2.39. The van der Waals surface area contributed by atoms with Crippen molar-refractivity contribution in [2.24, 2.45) is 0 Å². The van der Waals surface area contributed by atoms with Crippen molar-refractivity contribution < 1.29 is 18.0 Å². The molecule has 0 saturated carbocycles. The van der Waals surface area contributed by atoms with Gasteiger partial charge >= 0.3 is 6.18 Å². The number of rotatable bonds is 3. The molecule has 2 fully saturated rings. The molecule has 1 atom stereocenters. The molecule has 1 aromatic carbocycles. The zero-order valence-corrected chi connectivity index (χ0v) is 17.6.